The number of fused-ring (bicyclic) bond motifs is 2. The van der Waals surface area contributed by atoms with Crippen LogP contribution >= 0.6 is 0 Å². The lowest BCUT2D eigenvalue weighted by Crippen LogP contribution is -2.29. The number of nitro groups is 1. The lowest BCUT2D eigenvalue weighted by molar-refractivity contribution is -0.384. The maximum Gasteiger partial charge on any atom is 0.295 e. The third-order valence-corrected chi connectivity index (χ3v) is 6.20. The highest BCUT2D eigenvalue weighted by atomic mass is 16.6. The van der Waals surface area contributed by atoms with E-state index in [1.807, 2.05) is 32.9 Å². The Morgan fingerprint density at radius 2 is 1.64 bits per heavy atom. The first-order valence-corrected chi connectivity index (χ1v) is 10.5. The van der Waals surface area contributed by atoms with Crippen molar-refractivity contribution in [3.63, 3.8) is 0 Å². The Balaban J connectivity index is 1.83. The zero-order chi connectivity index (χ0) is 23.4. The van der Waals surface area contributed by atoms with Crippen molar-refractivity contribution in [1.82, 2.24) is 0 Å². The average molecular weight is 440 g/mol. The summed E-state index contributed by atoms with van der Waals surface area (Å²) in [6.07, 6.45) is 0. The standard InChI is InChI=1S/C26H20N2O5/c1-14-7-9-18(10-8-14)27-23(17-5-4-6-19(13-17)28(31)32)22-24(29)20-11-15(2)16(3)12-21(20)33-25(22)26(27)30/h4-13,23H,1-3H3. The van der Waals surface area contributed by atoms with E-state index < -0.39 is 16.9 Å². The Bertz CT molecular complexity index is 1520. The minimum atomic E-state index is -0.850. The number of benzene rings is 3. The summed E-state index contributed by atoms with van der Waals surface area (Å²) in [4.78, 5) is 39.7. The number of carbonyl (C=O) groups is 1. The molecular formula is C26H20N2O5. The Kier molecular flexibility index (Phi) is 4.63. The molecule has 1 aromatic heterocycles. The van der Waals surface area contributed by atoms with Gasteiger partial charge in [0.25, 0.3) is 11.6 Å². The molecule has 0 spiro atoms. The highest BCUT2D eigenvalue weighted by Gasteiger charge is 2.44. The molecule has 0 radical (unpaired) electrons. The first kappa shape index (κ1) is 20.6. The summed E-state index contributed by atoms with van der Waals surface area (Å²) in [5.41, 5.74) is 4.04. The van der Waals surface area contributed by atoms with Gasteiger partial charge in [-0.2, -0.15) is 0 Å². The van der Waals surface area contributed by atoms with Gasteiger partial charge in [-0.05, 0) is 61.7 Å². The number of aryl methyl sites for hydroxylation is 3. The molecule has 0 bridgehead atoms. The maximum absolute atomic E-state index is 13.7. The Hall–Kier alpha value is -4.26. The maximum atomic E-state index is 13.7. The minimum absolute atomic E-state index is 0.0344. The van der Waals surface area contributed by atoms with Crippen molar-refractivity contribution in [1.29, 1.82) is 0 Å². The van der Waals surface area contributed by atoms with Crippen molar-refractivity contribution < 1.29 is 14.1 Å². The molecule has 5 rings (SSSR count). The van der Waals surface area contributed by atoms with Crippen molar-refractivity contribution in [2.24, 2.45) is 0 Å². The van der Waals surface area contributed by atoms with Crippen LogP contribution in [0.2, 0.25) is 0 Å². The second kappa shape index (κ2) is 7.41. The normalized spacial score (nSPS) is 15.2. The molecule has 2 heterocycles. The molecule has 3 aromatic carbocycles. The predicted molar refractivity (Wildman–Crippen MR) is 125 cm³/mol. The van der Waals surface area contributed by atoms with Gasteiger partial charge in [-0.1, -0.05) is 29.8 Å². The van der Waals surface area contributed by atoms with Crippen LogP contribution in [0.3, 0.4) is 0 Å². The van der Waals surface area contributed by atoms with Crippen LogP contribution in [0.4, 0.5) is 11.4 Å². The second-order valence-electron chi connectivity index (χ2n) is 8.37. The number of amides is 1. The average Bonchev–Trinajstić information content (AvgIpc) is 3.08. The summed E-state index contributed by atoms with van der Waals surface area (Å²) in [6.45, 7) is 5.75. The van der Waals surface area contributed by atoms with Crippen LogP contribution in [0.5, 0.6) is 0 Å². The van der Waals surface area contributed by atoms with Crippen LogP contribution in [0.1, 0.15) is 44.4 Å². The van der Waals surface area contributed by atoms with Crippen LogP contribution in [-0.4, -0.2) is 10.8 Å². The molecule has 1 amide bonds. The van der Waals surface area contributed by atoms with E-state index in [1.54, 1.807) is 36.4 Å². The molecule has 0 saturated heterocycles. The van der Waals surface area contributed by atoms with Gasteiger partial charge in [-0.3, -0.25) is 24.6 Å². The van der Waals surface area contributed by atoms with Crippen LogP contribution in [-0.2, 0) is 0 Å². The van der Waals surface area contributed by atoms with E-state index >= 15 is 0 Å². The summed E-state index contributed by atoms with van der Waals surface area (Å²) in [5.74, 6) is -0.490. The second-order valence-corrected chi connectivity index (χ2v) is 8.37. The number of nitrogens with zero attached hydrogens (tertiary/aromatic N) is 2. The topological polar surface area (TPSA) is 93.7 Å². The zero-order valence-corrected chi connectivity index (χ0v) is 18.3. The highest BCUT2D eigenvalue weighted by Crippen LogP contribution is 2.42. The molecule has 4 aromatic rings. The minimum Gasteiger partial charge on any atom is -0.450 e. The van der Waals surface area contributed by atoms with Crippen molar-refractivity contribution in [2.75, 3.05) is 4.90 Å². The number of rotatable bonds is 3. The van der Waals surface area contributed by atoms with Gasteiger partial charge in [-0.15, -0.1) is 0 Å². The molecule has 0 aliphatic carbocycles. The number of hydrogen-bond donors (Lipinski definition) is 0. The molecule has 7 heteroatoms. The lowest BCUT2D eigenvalue weighted by Gasteiger charge is -2.25. The van der Waals surface area contributed by atoms with Gasteiger partial charge in [0.1, 0.15) is 5.58 Å². The lowest BCUT2D eigenvalue weighted by atomic mass is 9.97. The summed E-state index contributed by atoms with van der Waals surface area (Å²) < 4.78 is 6.01. The van der Waals surface area contributed by atoms with Gasteiger partial charge in [0.15, 0.2) is 5.43 Å². The quantitative estimate of drug-likeness (QED) is 0.315. The van der Waals surface area contributed by atoms with E-state index in [0.717, 1.165) is 16.7 Å². The molecule has 0 fully saturated rings. The van der Waals surface area contributed by atoms with Gasteiger partial charge in [0, 0.05) is 17.8 Å². The molecule has 164 valence electrons. The van der Waals surface area contributed by atoms with E-state index in [9.17, 15) is 19.7 Å². The fourth-order valence-electron chi connectivity index (χ4n) is 4.32. The number of carbonyl (C=O) groups excluding carboxylic acids is 1. The number of nitro benzene ring substituents is 1. The van der Waals surface area contributed by atoms with E-state index in [-0.39, 0.29) is 22.4 Å². The van der Waals surface area contributed by atoms with Crippen LogP contribution in [0.25, 0.3) is 11.0 Å². The fraction of sp³-hybridized carbons (Fsp3) is 0.154. The monoisotopic (exact) mass is 440 g/mol. The number of anilines is 1. The van der Waals surface area contributed by atoms with Crippen LogP contribution < -0.4 is 10.3 Å². The highest BCUT2D eigenvalue weighted by molar-refractivity contribution is 6.10. The first-order valence-electron chi connectivity index (χ1n) is 10.5. The number of non-ortho nitro benzene ring substituents is 1. The van der Waals surface area contributed by atoms with E-state index in [1.165, 1.54) is 17.0 Å². The Labute approximate surface area is 189 Å². The van der Waals surface area contributed by atoms with Gasteiger partial charge in [0.05, 0.1) is 21.9 Å². The van der Waals surface area contributed by atoms with Crippen molar-refractivity contribution >= 4 is 28.3 Å². The first-order chi connectivity index (χ1) is 15.8. The third-order valence-electron chi connectivity index (χ3n) is 6.20. The predicted octanol–water partition coefficient (Wildman–Crippen LogP) is 5.38. The summed E-state index contributed by atoms with van der Waals surface area (Å²) in [6, 6.07) is 16.0. The Morgan fingerprint density at radius 3 is 2.33 bits per heavy atom. The van der Waals surface area contributed by atoms with Crippen molar-refractivity contribution in [3.05, 3.63) is 115 Å². The van der Waals surface area contributed by atoms with Crippen LogP contribution in [0, 0.1) is 30.9 Å². The zero-order valence-electron chi connectivity index (χ0n) is 18.3. The molecule has 1 aliphatic heterocycles. The SMILES string of the molecule is Cc1ccc(N2C(=O)c3oc4cc(C)c(C)cc4c(=O)c3C2c2cccc([N+](=O)[O-])c2)cc1. The van der Waals surface area contributed by atoms with Crippen LogP contribution in [0.15, 0.2) is 69.9 Å². The fourth-order valence-corrected chi connectivity index (χ4v) is 4.32. The summed E-state index contributed by atoms with van der Waals surface area (Å²) in [5, 5.41) is 11.8. The molecule has 33 heavy (non-hydrogen) atoms. The summed E-state index contributed by atoms with van der Waals surface area (Å²) >= 11 is 0. The molecule has 1 aliphatic rings. The van der Waals surface area contributed by atoms with E-state index in [4.69, 9.17) is 4.42 Å². The smallest absolute Gasteiger partial charge is 0.295 e. The Morgan fingerprint density at radius 1 is 0.939 bits per heavy atom. The number of hydrogen-bond acceptors (Lipinski definition) is 5. The molecular weight excluding hydrogens is 420 g/mol. The van der Waals surface area contributed by atoms with Gasteiger partial charge in [-0.25, -0.2) is 0 Å². The molecule has 7 nitrogen and oxygen atoms in total. The van der Waals surface area contributed by atoms with Gasteiger partial charge in [0.2, 0.25) is 5.76 Å². The van der Waals surface area contributed by atoms with Gasteiger partial charge < -0.3 is 4.42 Å². The van der Waals surface area contributed by atoms with Crippen molar-refractivity contribution in [3.8, 4) is 0 Å². The van der Waals surface area contributed by atoms with E-state index in [2.05, 4.69) is 0 Å². The third kappa shape index (κ3) is 3.20. The molecule has 1 unspecified atom stereocenters. The molecule has 1 atom stereocenters. The summed E-state index contributed by atoms with van der Waals surface area (Å²) in [7, 11) is 0. The molecule has 0 N–H and O–H groups in total. The molecule has 0 saturated carbocycles. The van der Waals surface area contributed by atoms with E-state index in [0.29, 0.717) is 22.2 Å². The van der Waals surface area contributed by atoms with Gasteiger partial charge >= 0.3 is 0 Å². The van der Waals surface area contributed by atoms with Crippen molar-refractivity contribution in [2.45, 2.75) is 26.8 Å². The largest absolute Gasteiger partial charge is 0.450 e.